The minimum absolute atomic E-state index is 0.279. The van der Waals surface area contributed by atoms with E-state index in [1.165, 1.54) is 0 Å². The molecule has 0 radical (unpaired) electrons. The minimum atomic E-state index is -2.37. The molecule has 0 amide bonds. The molecule has 0 aromatic carbocycles. The summed E-state index contributed by atoms with van der Waals surface area (Å²) in [6.07, 6.45) is -2.09. The molecule has 3 nitrogen and oxygen atoms in total. The smallest absolute Gasteiger partial charge is 0.254 e. The van der Waals surface area contributed by atoms with Gasteiger partial charge in [0.2, 0.25) is 0 Å². The van der Waals surface area contributed by atoms with Crippen molar-refractivity contribution >= 4 is 15.9 Å². The number of likely N-dealkylation sites (N-methyl/N-ethyl adjacent to an activating group) is 1. The van der Waals surface area contributed by atoms with Gasteiger partial charge in [-0.05, 0) is 36.3 Å². The first kappa shape index (κ1) is 14.6. The van der Waals surface area contributed by atoms with Gasteiger partial charge in [-0.1, -0.05) is 6.92 Å². The van der Waals surface area contributed by atoms with Crippen molar-refractivity contribution in [3.8, 4) is 0 Å². The molecule has 0 bridgehead atoms. The summed E-state index contributed by atoms with van der Waals surface area (Å²) >= 11 is 3.41. The van der Waals surface area contributed by atoms with Crippen molar-refractivity contribution in [2.75, 3.05) is 6.54 Å². The van der Waals surface area contributed by atoms with E-state index in [2.05, 4.69) is 26.3 Å². The van der Waals surface area contributed by atoms with Gasteiger partial charge in [-0.3, -0.25) is 4.68 Å². The van der Waals surface area contributed by atoms with Crippen molar-refractivity contribution in [3.63, 3.8) is 0 Å². The normalized spacial score (nSPS) is 13.4. The van der Waals surface area contributed by atoms with E-state index >= 15 is 0 Å². The molecule has 1 unspecified atom stereocenters. The van der Waals surface area contributed by atoms with Gasteiger partial charge in [0.05, 0.1) is 21.9 Å². The maximum absolute atomic E-state index is 12.8. The lowest BCUT2D eigenvalue weighted by Gasteiger charge is -2.17. The average Bonchev–Trinajstić information content (AvgIpc) is 2.55. The molecule has 1 aromatic rings. The largest absolute Gasteiger partial charge is 0.309 e. The van der Waals surface area contributed by atoms with Gasteiger partial charge in [-0.25, -0.2) is 8.78 Å². The number of hydrogen-bond acceptors (Lipinski definition) is 2. The van der Waals surface area contributed by atoms with E-state index in [0.717, 1.165) is 15.9 Å². The second-order valence-corrected chi connectivity index (χ2v) is 4.66. The maximum Gasteiger partial charge on any atom is 0.254 e. The zero-order valence-electron chi connectivity index (χ0n) is 10.3. The summed E-state index contributed by atoms with van der Waals surface area (Å²) in [5.41, 5.74) is 1.67. The number of rotatable bonds is 6. The molecule has 1 atom stereocenters. The van der Waals surface area contributed by atoms with Crippen LogP contribution in [-0.4, -0.2) is 28.8 Å². The van der Waals surface area contributed by atoms with Crippen molar-refractivity contribution in [1.82, 2.24) is 15.1 Å². The third kappa shape index (κ3) is 3.48. The number of aryl methyl sites for hydroxylation is 2. The first-order valence-electron chi connectivity index (χ1n) is 5.74. The van der Waals surface area contributed by atoms with Crippen LogP contribution in [0.25, 0.3) is 0 Å². The molecule has 1 aromatic heterocycles. The van der Waals surface area contributed by atoms with E-state index in [-0.39, 0.29) is 6.42 Å². The Labute approximate surface area is 109 Å². The second-order valence-electron chi connectivity index (χ2n) is 3.86. The second kappa shape index (κ2) is 6.44. The van der Waals surface area contributed by atoms with Crippen LogP contribution in [0.4, 0.5) is 8.78 Å². The van der Waals surface area contributed by atoms with Gasteiger partial charge in [-0.2, -0.15) is 5.10 Å². The molecule has 0 aliphatic rings. The highest BCUT2D eigenvalue weighted by atomic mass is 79.9. The van der Waals surface area contributed by atoms with Crippen LogP contribution in [0.5, 0.6) is 0 Å². The van der Waals surface area contributed by atoms with Gasteiger partial charge >= 0.3 is 0 Å². The van der Waals surface area contributed by atoms with E-state index in [9.17, 15) is 8.78 Å². The molecule has 0 fully saturated rings. The van der Waals surface area contributed by atoms with Crippen LogP contribution in [0.15, 0.2) is 4.47 Å². The molecule has 1 heterocycles. The van der Waals surface area contributed by atoms with Gasteiger partial charge in [-0.15, -0.1) is 0 Å². The zero-order chi connectivity index (χ0) is 13.0. The van der Waals surface area contributed by atoms with Crippen LogP contribution in [-0.2, 0) is 13.0 Å². The van der Waals surface area contributed by atoms with E-state index in [1.807, 2.05) is 20.8 Å². The highest BCUT2D eigenvalue weighted by Crippen LogP contribution is 2.23. The maximum atomic E-state index is 12.8. The monoisotopic (exact) mass is 309 g/mol. The molecule has 1 N–H and O–H groups in total. The standard InChI is InChI=1S/C11H18BrF2N3/c1-4-15-8(11(13)14)6-9-10(12)7(3)16-17(9)5-2/h8,11,15H,4-6H2,1-3H3. The number of aromatic nitrogens is 2. The molecule has 0 aliphatic carbocycles. The van der Waals surface area contributed by atoms with Crippen LogP contribution in [0, 0.1) is 6.92 Å². The molecule has 1 rings (SSSR count). The Morgan fingerprint density at radius 1 is 1.41 bits per heavy atom. The average molecular weight is 310 g/mol. The van der Waals surface area contributed by atoms with E-state index < -0.39 is 12.5 Å². The van der Waals surface area contributed by atoms with Gasteiger partial charge in [0.1, 0.15) is 0 Å². The first-order valence-corrected chi connectivity index (χ1v) is 6.53. The fourth-order valence-corrected chi connectivity index (χ4v) is 2.23. The summed E-state index contributed by atoms with van der Waals surface area (Å²) < 4.78 is 28.3. The first-order chi connectivity index (χ1) is 8.01. The minimum Gasteiger partial charge on any atom is -0.309 e. The van der Waals surface area contributed by atoms with Crippen LogP contribution in [0.1, 0.15) is 25.2 Å². The van der Waals surface area contributed by atoms with Gasteiger partial charge in [0, 0.05) is 13.0 Å². The predicted molar refractivity (Wildman–Crippen MR) is 67.5 cm³/mol. The number of halogens is 3. The summed E-state index contributed by atoms with van der Waals surface area (Å²) in [4.78, 5) is 0. The lowest BCUT2D eigenvalue weighted by Crippen LogP contribution is -2.38. The Kier molecular flexibility index (Phi) is 5.52. The SMILES string of the molecule is CCNC(Cc1c(Br)c(C)nn1CC)C(F)F. The number of hydrogen-bond donors (Lipinski definition) is 1. The molecular weight excluding hydrogens is 292 g/mol. The van der Waals surface area contributed by atoms with E-state index in [4.69, 9.17) is 0 Å². The Hall–Kier alpha value is -0.490. The Morgan fingerprint density at radius 2 is 2.06 bits per heavy atom. The van der Waals surface area contributed by atoms with Gasteiger partial charge < -0.3 is 5.32 Å². The Balaban J connectivity index is 2.91. The predicted octanol–water partition coefficient (Wildman–Crippen LogP) is 2.76. The lowest BCUT2D eigenvalue weighted by molar-refractivity contribution is 0.0980. The van der Waals surface area contributed by atoms with Gasteiger partial charge in [0.25, 0.3) is 6.43 Å². The number of nitrogens with one attached hydrogen (secondary N) is 1. The Morgan fingerprint density at radius 3 is 2.53 bits per heavy atom. The number of nitrogens with zero attached hydrogens (tertiary/aromatic N) is 2. The van der Waals surface area contributed by atoms with Crippen molar-refractivity contribution < 1.29 is 8.78 Å². The van der Waals surface area contributed by atoms with Crippen LogP contribution in [0.3, 0.4) is 0 Å². The van der Waals surface area contributed by atoms with Crippen molar-refractivity contribution in [3.05, 3.63) is 15.9 Å². The summed E-state index contributed by atoms with van der Waals surface area (Å²) in [5, 5.41) is 7.10. The van der Waals surface area contributed by atoms with Gasteiger partial charge in [0.15, 0.2) is 0 Å². The molecule has 0 aliphatic heterocycles. The molecule has 17 heavy (non-hydrogen) atoms. The summed E-state index contributed by atoms with van der Waals surface area (Å²) in [7, 11) is 0. The van der Waals surface area contributed by atoms with E-state index in [0.29, 0.717) is 13.1 Å². The fraction of sp³-hybridized carbons (Fsp3) is 0.727. The van der Waals surface area contributed by atoms with Crippen LogP contribution < -0.4 is 5.32 Å². The number of alkyl halides is 2. The highest BCUT2D eigenvalue weighted by Gasteiger charge is 2.23. The molecule has 98 valence electrons. The molecule has 0 saturated carbocycles. The summed E-state index contributed by atoms with van der Waals surface area (Å²) in [6.45, 7) is 6.86. The van der Waals surface area contributed by atoms with E-state index in [1.54, 1.807) is 4.68 Å². The summed E-state index contributed by atoms with van der Waals surface area (Å²) in [6, 6.07) is -0.822. The molecule has 6 heteroatoms. The lowest BCUT2D eigenvalue weighted by atomic mass is 10.1. The molecule has 0 spiro atoms. The fourth-order valence-electron chi connectivity index (χ4n) is 1.78. The van der Waals surface area contributed by atoms with Crippen molar-refractivity contribution in [1.29, 1.82) is 0 Å². The Bertz CT molecular complexity index is 366. The zero-order valence-corrected chi connectivity index (χ0v) is 11.9. The quantitative estimate of drug-likeness (QED) is 0.875. The summed E-state index contributed by atoms with van der Waals surface area (Å²) in [5.74, 6) is 0. The molecular formula is C11H18BrF2N3. The van der Waals surface area contributed by atoms with Crippen LogP contribution >= 0.6 is 15.9 Å². The molecule has 0 saturated heterocycles. The third-order valence-corrected chi connectivity index (χ3v) is 3.67. The topological polar surface area (TPSA) is 29.9 Å². The highest BCUT2D eigenvalue weighted by molar-refractivity contribution is 9.10. The van der Waals surface area contributed by atoms with Crippen LogP contribution in [0.2, 0.25) is 0 Å². The van der Waals surface area contributed by atoms with Crippen molar-refractivity contribution in [2.24, 2.45) is 0 Å². The third-order valence-electron chi connectivity index (χ3n) is 2.64. The van der Waals surface area contributed by atoms with Crippen molar-refractivity contribution in [2.45, 2.75) is 46.2 Å².